The second-order valence-electron chi connectivity index (χ2n) is 13.2. The molecule has 5 atom stereocenters. The van der Waals surface area contributed by atoms with Crippen molar-refractivity contribution in [1.82, 2.24) is 26.6 Å². The van der Waals surface area contributed by atoms with E-state index >= 15 is 0 Å². The lowest BCUT2D eigenvalue weighted by Gasteiger charge is -2.23. The Morgan fingerprint density at radius 2 is 1.20 bits per heavy atom. The number of benzene rings is 3. The highest BCUT2D eigenvalue weighted by Gasteiger charge is 2.28. The lowest BCUT2D eigenvalue weighted by molar-refractivity contribution is -0.142. The molecule has 0 aliphatic heterocycles. The van der Waals surface area contributed by atoms with E-state index in [1.807, 2.05) is 19.9 Å². The Morgan fingerprint density at radius 3 is 1.80 bits per heavy atom. The fourth-order valence-corrected chi connectivity index (χ4v) is 5.09. The number of aromatic hydroxyl groups is 1. The Bertz CT molecular complexity index is 1790. The summed E-state index contributed by atoms with van der Waals surface area (Å²) in [6.07, 6.45) is 0.434. The van der Waals surface area contributed by atoms with E-state index < -0.39 is 72.3 Å². The van der Waals surface area contributed by atoms with E-state index in [1.54, 1.807) is 54.6 Å². The molecular weight excluding hydrogens is 710 g/mol. The Hall–Kier alpha value is -6.22. The number of ether oxygens (including phenoxy) is 1. The zero-order valence-corrected chi connectivity index (χ0v) is 31.2. The quantitative estimate of drug-likeness (QED) is 0.0770. The maximum absolute atomic E-state index is 13.4. The third-order valence-electron chi connectivity index (χ3n) is 8.25. The highest BCUT2D eigenvalue weighted by atomic mass is 16.5. The Morgan fingerprint density at radius 1 is 0.655 bits per heavy atom. The minimum Gasteiger partial charge on any atom is -0.508 e. The molecule has 294 valence electrons. The van der Waals surface area contributed by atoms with Gasteiger partial charge in [0, 0.05) is 19.3 Å². The van der Waals surface area contributed by atoms with E-state index in [-0.39, 0.29) is 25.0 Å². The zero-order chi connectivity index (χ0) is 40.5. The number of phenolic OH excluding ortho intramolecular Hbond substituents is 1. The summed E-state index contributed by atoms with van der Waals surface area (Å²) in [5.74, 6) is -4.54. The van der Waals surface area contributed by atoms with Crippen LogP contribution >= 0.6 is 0 Å². The summed E-state index contributed by atoms with van der Waals surface area (Å²) < 4.78 is 5.63. The fourth-order valence-electron chi connectivity index (χ4n) is 5.09. The number of rotatable bonds is 20. The first-order valence-corrected chi connectivity index (χ1v) is 17.7. The Labute approximate surface area is 319 Å². The molecule has 0 heterocycles. The topological polar surface area (TPSA) is 232 Å². The van der Waals surface area contributed by atoms with Crippen LogP contribution in [0.4, 0.5) is 0 Å². The van der Waals surface area contributed by atoms with Gasteiger partial charge in [-0.3, -0.25) is 24.0 Å². The normalized spacial score (nSPS) is 13.4. The van der Waals surface area contributed by atoms with Gasteiger partial charge in [0.15, 0.2) is 0 Å². The number of amides is 5. The van der Waals surface area contributed by atoms with E-state index in [9.17, 15) is 44.1 Å². The van der Waals surface area contributed by atoms with Crippen LogP contribution in [0.5, 0.6) is 11.5 Å². The number of hydrogen-bond acceptors (Lipinski definition) is 9. The highest BCUT2D eigenvalue weighted by Crippen LogP contribution is 2.15. The van der Waals surface area contributed by atoms with E-state index in [0.29, 0.717) is 23.5 Å². The maximum atomic E-state index is 13.4. The molecule has 0 radical (unpaired) electrons. The van der Waals surface area contributed by atoms with Gasteiger partial charge in [-0.05, 0) is 74.7 Å². The maximum Gasteiger partial charge on any atom is 0.326 e. The van der Waals surface area contributed by atoms with Crippen molar-refractivity contribution in [2.45, 2.75) is 77.2 Å². The second kappa shape index (κ2) is 21.5. The smallest absolute Gasteiger partial charge is 0.326 e. The van der Waals surface area contributed by atoms with Crippen molar-refractivity contribution in [3.05, 3.63) is 107 Å². The van der Waals surface area contributed by atoms with Crippen LogP contribution in [0.3, 0.4) is 0 Å². The number of aliphatic carboxylic acids is 1. The van der Waals surface area contributed by atoms with Crippen LogP contribution in [-0.4, -0.2) is 94.2 Å². The van der Waals surface area contributed by atoms with Gasteiger partial charge in [0.2, 0.25) is 29.5 Å². The zero-order valence-electron chi connectivity index (χ0n) is 31.2. The van der Waals surface area contributed by atoms with Crippen molar-refractivity contribution in [3.8, 4) is 11.5 Å². The number of aliphatic hydroxyl groups excluding tert-OH is 1. The Balaban J connectivity index is 1.57. The average molecular weight is 760 g/mol. The summed E-state index contributed by atoms with van der Waals surface area (Å²) in [6.45, 7) is 6.45. The summed E-state index contributed by atoms with van der Waals surface area (Å²) in [5, 5.41) is 42.0. The summed E-state index contributed by atoms with van der Waals surface area (Å²) in [6, 6.07) is 16.6. The first kappa shape index (κ1) is 43.2. The number of phenols is 1. The van der Waals surface area contributed by atoms with E-state index in [0.717, 1.165) is 11.1 Å². The van der Waals surface area contributed by atoms with Crippen molar-refractivity contribution in [3.63, 3.8) is 0 Å². The average Bonchev–Trinajstić information content (AvgIpc) is 3.14. The molecule has 3 rings (SSSR count). The molecule has 3 aromatic rings. The molecule has 0 aliphatic rings. The van der Waals surface area contributed by atoms with Crippen LogP contribution in [0.15, 0.2) is 90.5 Å². The molecular formula is C40H49N5O10. The molecule has 0 fully saturated rings. The SMILES string of the molecule is CC(C)=CCOc1ccc(CC(NC(=O)C(C)NC(=O)C(Cc2ccc(O)cc2)NC(=O)CNC(=O)C(C)NC(=O)C(O)Cc2ccccc2)C(=O)O)cc1. The summed E-state index contributed by atoms with van der Waals surface area (Å²) in [5.41, 5.74) is 3.00. The molecule has 8 N–H and O–H groups in total. The van der Waals surface area contributed by atoms with Crippen LogP contribution < -0.4 is 31.3 Å². The third kappa shape index (κ3) is 15.3. The molecule has 0 aromatic heterocycles. The van der Waals surface area contributed by atoms with Crippen LogP contribution in [0.2, 0.25) is 0 Å². The van der Waals surface area contributed by atoms with E-state index in [4.69, 9.17) is 4.74 Å². The van der Waals surface area contributed by atoms with E-state index in [2.05, 4.69) is 26.6 Å². The van der Waals surface area contributed by atoms with Gasteiger partial charge in [-0.15, -0.1) is 0 Å². The van der Waals surface area contributed by atoms with Gasteiger partial charge in [-0.1, -0.05) is 60.2 Å². The number of carboxylic acids is 1. The van der Waals surface area contributed by atoms with Crippen molar-refractivity contribution in [1.29, 1.82) is 0 Å². The molecule has 0 spiro atoms. The molecule has 5 unspecified atom stereocenters. The molecule has 3 aromatic carbocycles. The summed E-state index contributed by atoms with van der Waals surface area (Å²) >= 11 is 0. The van der Waals surface area contributed by atoms with E-state index in [1.165, 1.54) is 38.1 Å². The fraction of sp³-hybridized carbons (Fsp3) is 0.350. The number of allylic oxidation sites excluding steroid dienone is 1. The van der Waals surface area contributed by atoms with Crippen LogP contribution in [0.25, 0.3) is 0 Å². The molecule has 0 bridgehead atoms. The van der Waals surface area contributed by atoms with Crippen molar-refractivity contribution >= 4 is 35.5 Å². The van der Waals surface area contributed by atoms with Crippen molar-refractivity contribution < 1.29 is 48.8 Å². The predicted molar refractivity (Wildman–Crippen MR) is 203 cm³/mol. The number of nitrogens with one attached hydrogen (secondary N) is 5. The van der Waals surface area contributed by atoms with Crippen LogP contribution in [0, 0.1) is 0 Å². The number of carboxylic acid groups (broad SMARTS) is 1. The molecule has 0 saturated heterocycles. The van der Waals surface area contributed by atoms with Gasteiger partial charge in [-0.2, -0.15) is 0 Å². The minimum absolute atomic E-state index is 0.0210. The van der Waals surface area contributed by atoms with Crippen molar-refractivity contribution in [2.24, 2.45) is 0 Å². The molecule has 0 aliphatic carbocycles. The minimum atomic E-state index is -1.41. The van der Waals surface area contributed by atoms with Gasteiger partial charge in [0.05, 0.1) is 6.54 Å². The monoisotopic (exact) mass is 759 g/mol. The molecule has 0 saturated carbocycles. The van der Waals surface area contributed by atoms with Crippen LogP contribution in [0.1, 0.15) is 44.4 Å². The lowest BCUT2D eigenvalue weighted by atomic mass is 10.0. The Kier molecular flexibility index (Phi) is 16.9. The summed E-state index contributed by atoms with van der Waals surface area (Å²) in [4.78, 5) is 76.6. The summed E-state index contributed by atoms with van der Waals surface area (Å²) in [7, 11) is 0. The van der Waals surface area contributed by atoms with Gasteiger partial charge in [0.1, 0.15) is 48.4 Å². The first-order valence-electron chi connectivity index (χ1n) is 17.7. The second-order valence-corrected chi connectivity index (χ2v) is 13.2. The number of carbonyl (C=O) groups excluding carboxylic acids is 5. The van der Waals surface area contributed by atoms with Gasteiger partial charge < -0.3 is 46.6 Å². The highest BCUT2D eigenvalue weighted by molar-refractivity contribution is 5.95. The molecule has 15 heteroatoms. The van der Waals surface area contributed by atoms with Crippen molar-refractivity contribution in [2.75, 3.05) is 13.2 Å². The number of hydrogen-bond donors (Lipinski definition) is 8. The third-order valence-corrected chi connectivity index (χ3v) is 8.25. The van der Waals surface area contributed by atoms with Gasteiger partial charge in [0.25, 0.3) is 0 Å². The molecule has 5 amide bonds. The standard InChI is InChI=1S/C40H49N5O10/c1-24(2)18-19-55-31-16-12-29(13-17-31)21-33(40(53)54)45-37(50)26(4)42-38(51)32(20-28-10-14-30(46)15-11-28)44-35(48)23-41-36(49)25(3)43-39(52)34(47)22-27-8-6-5-7-9-27/h5-18,25-26,32-34,46-47H,19-23H2,1-4H3,(H,41,49)(H,42,51)(H,43,52)(H,44,48)(H,45,50)(H,53,54). The molecule has 15 nitrogen and oxygen atoms in total. The first-order chi connectivity index (χ1) is 26.1. The predicted octanol–water partition coefficient (Wildman–Crippen LogP) is 1.31. The van der Waals surface area contributed by atoms with Gasteiger partial charge in [-0.25, -0.2) is 4.79 Å². The number of carbonyl (C=O) groups is 6. The lowest BCUT2D eigenvalue weighted by Crippen LogP contribution is -2.56. The van der Waals surface area contributed by atoms with Gasteiger partial charge >= 0.3 is 5.97 Å². The largest absolute Gasteiger partial charge is 0.508 e. The van der Waals surface area contributed by atoms with Crippen LogP contribution in [-0.2, 0) is 48.0 Å². The molecule has 55 heavy (non-hydrogen) atoms. The number of aliphatic hydroxyl groups is 1.